The molecule has 1 aromatic heterocycles. The summed E-state index contributed by atoms with van der Waals surface area (Å²) >= 11 is 0. The molecule has 0 aliphatic carbocycles. The van der Waals surface area contributed by atoms with Crippen molar-refractivity contribution in [1.82, 2.24) is 20.3 Å². The first-order chi connectivity index (χ1) is 20.9. The van der Waals surface area contributed by atoms with Gasteiger partial charge in [0.2, 0.25) is 18.6 Å². The van der Waals surface area contributed by atoms with Crippen LogP contribution in [-0.4, -0.2) is 65.7 Å². The Morgan fingerprint density at radius 3 is 2.67 bits per heavy atom. The monoisotopic (exact) mass is 585 g/mol. The molecule has 3 aromatic carbocycles. The molecule has 6 rings (SSSR count). The fourth-order valence-electron chi connectivity index (χ4n) is 5.41. The third kappa shape index (κ3) is 5.73. The molecule has 0 spiro atoms. The minimum atomic E-state index is -1.20. The van der Waals surface area contributed by atoms with E-state index in [2.05, 4.69) is 15.6 Å². The summed E-state index contributed by atoms with van der Waals surface area (Å²) in [5.41, 5.74) is 2.14. The Morgan fingerprint density at radius 2 is 1.91 bits per heavy atom. The van der Waals surface area contributed by atoms with Gasteiger partial charge in [0.1, 0.15) is 23.9 Å². The third-order valence-corrected chi connectivity index (χ3v) is 7.55. The van der Waals surface area contributed by atoms with Gasteiger partial charge in [0.25, 0.3) is 0 Å². The van der Waals surface area contributed by atoms with Crippen molar-refractivity contribution in [3.05, 3.63) is 71.8 Å². The number of Topliss-reactive ketones (excluding diaryl/α,β-unsaturated/α-hetero) is 1. The highest BCUT2D eigenvalue weighted by atomic mass is 16.7. The first-order valence-corrected chi connectivity index (χ1v) is 14.0. The quantitative estimate of drug-likeness (QED) is 0.278. The summed E-state index contributed by atoms with van der Waals surface area (Å²) in [5, 5.41) is 11.3. The van der Waals surface area contributed by atoms with Gasteiger partial charge >= 0.3 is 0 Å². The van der Waals surface area contributed by atoms with E-state index in [1.807, 2.05) is 18.2 Å². The molecular weight excluding hydrogens is 554 g/mol. The Hall–Kier alpha value is -4.97. The van der Waals surface area contributed by atoms with Crippen LogP contribution in [0.3, 0.4) is 0 Å². The predicted molar refractivity (Wildman–Crippen MR) is 155 cm³/mol. The Balaban J connectivity index is 1.49. The van der Waals surface area contributed by atoms with Gasteiger partial charge in [-0.25, -0.2) is 4.68 Å². The Bertz CT molecular complexity index is 1680. The highest BCUT2D eigenvalue weighted by molar-refractivity contribution is 6.08. The number of benzene rings is 3. The lowest BCUT2D eigenvalue weighted by molar-refractivity contribution is -0.127. The number of hydrogen-bond donors (Lipinski definition) is 1. The first kappa shape index (κ1) is 28.2. The van der Waals surface area contributed by atoms with Crippen LogP contribution >= 0.6 is 0 Å². The maximum Gasteiger partial charge on any atom is 0.249 e. The van der Waals surface area contributed by atoms with Crippen LogP contribution in [0.15, 0.2) is 60.7 Å². The van der Waals surface area contributed by atoms with Crippen LogP contribution < -0.4 is 24.4 Å². The van der Waals surface area contributed by atoms with Gasteiger partial charge in [-0.1, -0.05) is 29.5 Å². The molecule has 0 radical (unpaired) electrons. The largest absolute Gasteiger partial charge is 0.497 e. The highest BCUT2D eigenvalue weighted by Crippen LogP contribution is 2.41. The molecule has 2 atom stereocenters. The third-order valence-electron chi connectivity index (χ3n) is 7.55. The number of carbonyl (C=O) groups excluding carboxylic acids is 3. The average Bonchev–Trinajstić information content (AvgIpc) is 3.79. The smallest absolute Gasteiger partial charge is 0.249 e. The fraction of sp³-hybridized carbons (Fsp3) is 0.323. The maximum atomic E-state index is 14.5. The first-order valence-electron chi connectivity index (χ1n) is 14.0. The van der Waals surface area contributed by atoms with Crippen LogP contribution in [0.25, 0.3) is 11.0 Å². The lowest BCUT2D eigenvalue weighted by Crippen LogP contribution is -2.47. The van der Waals surface area contributed by atoms with Crippen molar-refractivity contribution in [2.45, 2.75) is 38.5 Å². The average molecular weight is 586 g/mol. The summed E-state index contributed by atoms with van der Waals surface area (Å²) in [6.45, 7) is 2.01. The summed E-state index contributed by atoms with van der Waals surface area (Å²) < 4.78 is 23.8. The van der Waals surface area contributed by atoms with E-state index < -0.39 is 17.9 Å². The number of aromatic nitrogens is 3. The van der Waals surface area contributed by atoms with Crippen molar-refractivity contribution in [1.29, 1.82) is 0 Å². The molecule has 2 unspecified atom stereocenters. The van der Waals surface area contributed by atoms with Gasteiger partial charge in [-0.3, -0.25) is 19.3 Å². The van der Waals surface area contributed by atoms with Crippen molar-refractivity contribution in [3.63, 3.8) is 0 Å². The van der Waals surface area contributed by atoms with Crippen LogP contribution in [0.5, 0.6) is 17.2 Å². The SMILES string of the molecule is COc1cccc(C(C(=O)NCC2CCCO2)N(C(=O)Cn2nnc3ccccc32)c2cc3c(cc2C(C)=O)OCO3)c1. The van der Waals surface area contributed by atoms with Gasteiger partial charge in [0.05, 0.1) is 24.4 Å². The van der Waals surface area contributed by atoms with E-state index >= 15 is 0 Å². The molecule has 2 aliphatic rings. The predicted octanol–water partition coefficient (Wildman–Crippen LogP) is 3.44. The molecule has 1 fully saturated rings. The second-order valence-corrected chi connectivity index (χ2v) is 10.3. The lowest BCUT2D eigenvalue weighted by Gasteiger charge is -2.33. The molecule has 12 heteroatoms. The molecule has 12 nitrogen and oxygen atoms in total. The Labute approximate surface area is 247 Å². The molecular formula is C31H31N5O7. The summed E-state index contributed by atoms with van der Waals surface area (Å²) in [5.74, 6) is -0.0367. The Kier molecular flexibility index (Phi) is 7.93. The number of hydrogen-bond acceptors (Lipinski definition) is 9. The number of fused-ring (bicyclic) bond motifs is 2. The van der Waals surface area contributed by atoms with Gasteiger partial charge in [-0.15, -0.1) is 5.10 Å². The number of nitrogens with zero attached hydrogens (tertiary/aromatic N) is 4. The Morgan fingerprint density at radius 1 is 1.09 bits per heavy atom. The number of anilines is 1. The highest BCUT2D eigenvalue weighted by Gasteiger charge is 2.37. The molecule has 0 saturated carbocycles. The van der Waals surface area contributed by atoms with Gasteiger partial charge in [-0.05, 0) is 55.7 Å². The number of nitrogens with one attached hydrogen (secondary N) is 1. The van der Waals surface area contributed by atoms with Crippen molar-refractivity contribution in [2.75, 3.05) is 32.0 Å². The normalized spacial score (nSPS) is 16.2. The number of carbonyl (C=O) groups is 3. The summed E-state index contributed by atoms with van der Waals surface area (Å²) in [7, 11) is 1.52. The number of para-hydroxylation sites is 1. The van der Waals surface area contributed by atoms with E-state index in [0.29, 0.717) is 40.5 Å². The second-order valence-electron chi connectivity index (χ2n) is 10.3. The number of rotatable bonds is 10. The molecule has 0 bridgehead atoms. The summed E-state index contributed by atoms with van der Waals surface area (Å²) in [6.07, 6.45) is 1.61. The molecule has 3 heterocycles. The van der Waals surface area contributed by atoms with E-state index in [1.165, 1.54) is 29.7 Å². The standard InChI is InChI=1S/C31H31N5O7/c1-19(37)23-14-27-28(43-18-42-27)15-26(23)36(29(38)17-35-25-11-4-3-10-24(25)33-34-35)30(20-7-5-8-21(13-20)40-2)31(39)32-16-22-9-6-12-41-22/h3-5,7-8,10-11,13-15,22,30H,6,9,12,16-18H2,1-2H3,(H,32,39). The number of ketones is 1. The molecule has 4 aromatic rings. The molecule has 1 N–H and O–H groups in total. The van der Waals surface area contributed by atoms with Crippen LogP contribution in [-0.2, 0) is 20.9 Å². The summed E-state index contributed by atoms with van der Waals surface area (Å²) in [4.78, 5) is 43.0. The zero-order valence-electron chi connectivity index (χ0n) is 23.8. The van der Waals surface area contributed by atoms with Crippen LogP contribution in [0, 0.1) is 0 Å². The van der Waals surface area contributed by atoms with Crippen LogP contribution in [0.1, 0.15) is 41.7 Å². The zero-order chi connectivity index (χ0) is 29.9. The molecule has 1 saturated heterocycles. The zero-order valence-corrected chi connectivity index (χ0v) is 23.8. The van der Waals surface area contributed by atoms with E-state index in [1.54, 1.807) is 36.4 Å². The number of ether oxygens (including phenoxy) is 4. The van der Waals surface area contributed by atoms with E-state index in [-0.39, 0.29) is 43.0 Å². The lowest BCUT2D eigenvalue weighted by atomic mass is 9.99. The van der Waals surface area contributed by atoms with Crippen molar-refractivity contribution in [3.8, 4) is 17.2 Å². The summed E-state index contributed by atoms with van der Waals surface area (Å²) in [6, 6.07) is 16.1. The van der Waals surface area contributed by atoms with Gasteiger partial charge in [-0.2, -0.15) is 0 Å². The van der Waals surface area contributed by atoms with Crippen LogP contribution in [0.2, 0.25) is 0 Å². The van der Waals surface area contributed by atoms with Crippen molar-refractivity contribution < 1.29 is 33.3 Å². The minimum absolute atomic E-state index is 0.0315. The van der Waals surface area contributed by atoms with Gasteiger partial charge in [0.15, 0.2) is 17.3 Å². The van der Waals surface area contributed by atoms with Crippen molar-refractivity contribution in [2.24, 2.45) is 0 Å². The molecule has 43 heavy (non-hydrogen) atoms. The molecule has 2 amide bonds. The second kappa shape index (κ2) is 12.1. The van der Waals surface area contributed by atoms with Crippen LogP contribution in [0.4, 0.5) is 5.69 Å². The van der Waals surface area contributed by atoms with E-state index in [4.69, 9.17) is 18.9 Å². The molecule has 222 valence electrons. The maximum absolute atomic E-state index is 14.5. The van der Waals surface area contributed by atoms with E-state index in [9.17, 15) is 14.4 Å². The van der Waals surface area contributed by atoms with E-state index in [0.717, 1.165) is 12.8 Å². The minimum Gasteiger partial charge on any atom is -0.497 e. The fourth-order valence-corrected chi connectivity index (χ4v) is 5.41. The molecule has 2 aliphatic heterocycles. The number of methoxy groups -OCH3 is 1. The number of amides is 2. The van der Waals surface area contributed by atoms with Gasteiger partial charge in [0, 0.05) is 24.8 Å². The van der Waals surface area contributed by atoms with Crippen molar-refractivity contribution >= 4 is 34.3 Å². The topological polar surface area (TPSA) is 134 Å². The van der Waals surface area contributed by atoms with Gasteiger partial charge < -0.3 is 24.3 Å².